The molecule has 3 saturated carbocycles. The second-order valence-corrected chi connectivity index (χ2v) is 15.7. The maximum absolute atomic E-state index is 14.6. The van der Waals surface area contributed by atoms with E-state index in [-0.39, 0.29) is 44.4 Å². The van der Waals surface area contributed by atoms with Crippen molar-refractivity contribution in [3.05, 3.63) is 41.6 Å². The van der Waals surface area contributed by atoms with Crippen LogP contribution < -0.4 is 0 Å². The smallest absolute Gasteiger partial charge is 0.159 e. The summed E-state index contributed by atoms with van der Waals surface area (Å²) in [5.41, 5.74) is 2.46. The lowest BCUT2D eigenvalue weighted by Gasteiger charge is -2.69. The minimum Gasteiger partial charge on any atom is -0.361 e. The predicted molar refractivity (Wildman–Crippen MR) is 145 cm³/mol. The summed E-state index contributed by atoms with van der Waals surface area (Å²) in [5, 5.41) is 13.0. The SMILES string of the molecule is CC1(C)CC[C@]2(n3ccnn3)CC[C@]3(C)[C@H](C(=O)C=C4[C@@]5(C)Cc6cnoc6C(C)(C)[C@@H]5CC[C@]43C)[C@@H]2C1. The highest BCUT2D eigenvalue weighted by molar-refractivity contribution is 5.95. The van der Waals surface area contributed by atoms with Gasteiger partial charge in [-0.05, 0) is 90.9 Å². The van der Waals surface area contributed by atoms with Crippen LogP contribution in [0.3, 0.4) is 0 Å². The van der Waals surface area contributed by atoms with Gasteiger partial charge in [0.15, 0.2) is 5.78 Å². The van der Waals surface area contributed by atoms with Crippen molar-refractivity contribution in [2.45, 2.75) is 111 Å². The minimum absolute atomic E-state index is 0.0108. The molecule has 3 fully saturated rings. The molecule has 2 aromatic rings. The number of fused-ring (bicyclic) bond motifs is 8. The van der Waals surface area contributed by atoms with Crippen LogP contribution in [-0.2, 0) is 22.2 Å². The molecule has 6 heteroatoms. The highest BCUT2D eigenvalue weighted by Crippen LogP contribution is 2.74. The van der Waals surface area contributed by atoms with E-state index in [1.807, 2.05) is 12.4 Å². The quantitative estimate of drug-likeness (QED) is 0.423. The van der Waals surface area contributed by atoms with Crippen molar-refractivity contribution >= 4 is 5.78 Å². The molecule has 7 rings (SSSR count). The molecule has 0 aliphatic heterocycles. The summed E-state index contributed by atoms with van der Waals surface area (Å²) < 4.78 is 7.98. The average Bonchev–Trinajstić information content (AvgIpc) is 3.53. The Hall–Kier alpha value is -2.24. The first-order chi connectivity index (χ1) is 17.8. The third kappa shape index (κ3) is 2.80. The van der Waals surface area contributed by atoms with Crippen molar-refractivity contribution in [1.29, 1.82) is 0 Å². The molecule has 0 amide bonds. The number of carbonyl (C=O) groups excluding carboxylic acids is 1. The van der Waals surface area contributed by atoms with Crippen molar-refractivity contribution in [2.24, 2.45) is 39.4 Å². The number of carbonyl (C=O) groups is 1. The van der Waals surface area contributed by atoms with Gasteiger partial charge in [0, 0.05) is 23.1 Å². The van der Waals surface area contributed by atoms with E-state index in [1.54, 1.807) is 0 Å². The van der Waals surface area contributed by atoms with Crippen molar-refractivity contribution in [2.75, 3.05) is 0 Å². The van der Waals surface area contributed by atoms with Crippen molar-refractivity contribution in [3.63, 3.8) is 0 Å². The highest BCUT2D eigenvalue weighted by Gasteiger charge is 2.70. The van der Waals surface area contributed by atoms with E-state index in [4.69, 9.17) is 4.52 Å². The molecule has 6 nitrogen and oxygen atoms in total. The first kappa shape index (κ1) is 24.8. The van der Waals surface area contributed by atoms with Gasteiger partial charge in [0.1, 0.15) is 5.76 Å². The van der Waals surface area contributed by atoms with Gasteiger partial charge in [0.05, 0.1) is 17.9 Å². The average molecular weight is 517 g/mol. The number of ketones is 1. The van der Waals surface area contributed by atoms with Crippen LogP contribution in [0.1, 0.15) is 105 Å². The summed E-state index contributed by atoms with van der Waals surface area (Å²) in [6.45, 7) is 16.9. The fourth-order valence-electron chi connectivity index (χ4n) is 11.1. The van der Waals surface area contributed by atoms with Crippen molar-refractivity contribution < 1.29 is 9.32 Å². The van der Waals surface area contributed by atoms with E-state index >= 15 is 0 Å². The molecule has 0 radical (unpaired) electrons. The third-order valence-electron chi connectivity index (χ3n) is 13.2. The summed E-state index contributed by atoms with van der Waals surface area (Å²) in [7, 11) is 0. The number of rotatable bonds is 1. The van der Waals surface area contributed by atoms with Gasteiger partial charge in [-0.25, -0.2) is 4.68 Å². The van der Waals surface area contributed by atoms with Gasteiger partial charge in [-0.3, -0.25) is 4.79 Å². The number of hydrogen-bond acceptors (Lipinski definition) is 5. The molecule has 204 valence electrons. The van der Waals surface area contributed by atoms with Crippen LogP contribution in [0.4, 0.5) is 0 Å². The summed E-state index contributed by atoms with van der Waals surface area (Å²) in [5.74, 6) is 2.12. The molecule has 0 unspecified atom stereocenters. The van der Waals surface area contributed by atoms with Crippen molar-refractivity contribution in [3.8, 4) is 0 Å². The second-order valence-electron chi connectivity index (χ2n) is 15.7. The van der Waals surface area contributed by atoms with E-state index in [9.17, 15) is 4.79 Å². The molecular formula is C32H44N4O2. The Kier molecular flexibility index (Phi) is 4.75. The molecule has 2 aromatic heterocycles. The van der Waals surface area contributed by atoms with Crippen molar-refractivity contribution in [1.82, 2.24) is 20.2 Å². The fraction of sp³-hybridized carbons (Fsp3) is 0.750. The second kappa shape index (κ2) is 7.28. The standard InChI is InChI=1S/C32H44N4O2/c1-27(2)10-12-32(36-15-14-33-35-36)13-11-31(7)25(21(32)18-27)22(37)16-24-29(5)17-20-19-34-38-26(20)28(3,4)23(29)8-9-30(24,31)6/h14-16,19,21,23,25H,8-13,17-18H2,1-7H3/t21-,23-,25-,29-,30+,31+,32-/m0/s1. The number of nitrogens with zero attached hydrogens (tertiary/aromatic N) is 4. The molecule has 0 saturated heterocycles. The largest absolute Gasteiger partial charge is 0.361 e. The number of aromatic nitrogens is 4. The van der Waals surface area contributed by atoms with Crippen LogP contribution in [0, 0.1) is 39.4 Å². The Balaban J connectivity index is 1.39. The molecule has 38 heavy (non-hydrogen) atoms. The molecule has 7 atom stereocenters. The molecule has 0 N–H and O–H groups in total. The Morgan fingerprint density at radius 3 is 2.50 bits per heavy atom. The lowest BCUT2D eigenvalue weighted by molar-refractivity contribution is -0.169. The van der Waals surface area contributed by atoms with E-state index in [0.717, 1.165) is 57.1 Å². The monoisotopic (exact) mass is 516 g/mol. The summed E-state index contributed by atoms with van der Waals surface area (Å²) >= 11 is 0. The Morgan fingerprint density at radius 2 is 1.76 bits per heavy atom. The normalized spacial score (nSPS) is 44.7. The third-order valence-corrected chi connectivity index (χ3v) is 13.2. The van der Waals surface area contributed by atoms with Crippen LogP contribution in [0.2, 0.25) is 0 Å². The van der Waals surface area contributed by atoms with Crippen LogP contribution in [0.25, 0.3) is 0 Å². The van der Waals surface area contributed by atoms with Gasteiger partial charge in [-0.1, -0.05) is 64.4 Å². The Bertz CT molecular complexity index is 1340. The molecule has 0 aromatic carbocycles. The molecule has 5 aliphatic rings. The van der Waals surface area contributed by atoms with E-state index < -0.39 is 0 Å². The molecular weight excluding hydrogens is 472 g/mol. The van der Waals surface area contributed by atoms with Crippen LogP contribution >= 0.6 is 0 Å². The van der Waals surface area contributed by atoms with Crippen LogP contribution in [0.5, 0.6) is 0 Å². The molecule has 0 bridgehead atoms. The predicted octanol–water partition coefficient (Wildman–Crippen LogP) is 6.67. The summed E-state index contributed by atoms with van der Waals surface area (Å²) in [4.78, 5) is 14.6. The minimum atomic E-state index is -0.112. The highest BCUT2D eigenvalue weighted by atomic mass is 16.5. The molecule has 5 aliphatic carbocycles. The molecule has 0 spiro atoms. The number of allylic oxidation sites excluding steroid dienone is 2. The van der Waals surface area contributed by atoms with Gasteiger partial charge >= 0.3 is 0 Å². The zero-order chi connectivity index (χ0) is 26.9. The van der Waals surface area contributed by atoms with Gasteiger partial charge in [-0.2, -0.15) is 0 Å². The summed E-state index contributed by atoms with van der Waals surface area (Å²) in [6.07, 6.45) is 16.6. The fourth-order valence-corrected chi connectivity index (χ4v) is 11.1. The maximum Gasteiger partial charge on any atom is 0.159 e. The van der Waals surface area contributed by atoms with E-state index in [1.165, 1.54) is 11.1 Å². The summed E-state index contributed by atoms with van der Waals surface area (Å²) in [6, 6.07) is 0. The van der Waals surface area contributed by atoms with Gasteiger partial charge in [0.2, 0.25) is 0 Å². The first-order valence-electron chi connectivity index (χ1n) is 14.9. The van der Waals surface area contributed by atoms with Gasteiger partial charge < -0.3 is 4.52 Å². The lowest BCUT2D eigenvalue weighted by Crippen LogP contribution is -2.66. The zero-order valence-corrected chi connectivity index (χ0v) is 24.3. The van der Waals surface area contributed by atoms with Crippen LogP contribution in [-0.4, -0.2) is 25.9 Å². The topological polar surface area (TPSA) is 73.8 Å². The Labute approximate surface area is 227 Å². The van der Waals surface area contributed by atoms with Crippen LogP contribution in [0.15, 0.2) is 34.8 Å². The van der Waals surface area contributed by atoms with Gasteiger partial charge in [-0.15, -0.1) is 5.10 Å². The number of hydrogen-bond donors (Lipinski definition) is 0. The molecule has 2 heterocycles. The van der Waals surface area contributed by atoms with E-state index in [2.05, 4.69) is 80.9 Å². The zero-order valence-electron chi connectivity index (χ0n) is 24.3. The lowest BCUT2D eigenvalue weighted by atomic mass is 9.34. The first-order valence-corrected chi connectivity index (χ1v) is 14.9. The maximum atomic E-state index is 14.6. The van der Waals surface area contributed by atoms with Gasteiger partial charge in [0.25, 0.3) is 0 Å². The van der Waals surface area contributed by atoms with E-state index in [0.29, 0.717) is 11.7 Å². The Morgan fingerprint density at radius 1 is 1.00 bits per heavy atom.